The topological polar surface area (TPSA) is 62.2 Å². The molecule has 17 heavy (non-hydrogen) atoms. The molecular weight excluding hydrogens is 256 g/mol. The van der Waals surface area contributed by atoms with Crippen LogP contribution in [-0.2, 0) is 6.42 Å². The Bertz CT molecular complexity index is 493. The van der Waals surface area contributed by atoms with Gasteiger partial charge < -0.3 is 10.4 Å². The lowest BCUT2D eigenvalue weighted by Gasteiger charge is -2.11. The molecule has 0 amide bonds. The van der Waals surface area contributed by atoms with Gasteiger partial charge in [0.1, 0.15) is 0 Å². The minimum atomic E-state index is -0.986. The summed E-state index contributed by atoms with van der Waals surface area (Å²) in [6.07, 6.45) is 0.908. The summed E-state index contributed by atoms with van der Waals surface area (Å²) in [6.45, 7) is 2.06. The van der Waals surface area contributed by atoms with Crippen LogP contribution in [0.4, 0.5) is 5.13 Å². The van der Waals surface area contributed by atoms with Crippen molar-refractivity contribution in [1.82, 2.24) is 4.98 Å². The maximum absolute atomic E-state index is 10.7. The Balaban J connectivity index is 1.93. The fraction of sp³-hybridized carbons (Fsp3) is 0.273. The molecular formula is C11H12N2O2S2. The molecule has 0 aromatic carbocycles. The van der Waals surface area contributed by atoms with E-state index in [1.54, 1.807) is 16.7 Å². The van der Waals surface area contributed by atoms with E-state index in [4.69, 9.17) is 5.11 Å². The fourth-order valence-corrected chi connectivity index (χ4v) is 2.94. The first kappa shape index (κ1) is 12.1. The number of thiazole rings is 1. The molecule has 0 fully saturated rings. The van der Waals surface area contributed by atoms with Crippen molar-refractivity contribution < 1.29 is 9.90 Å². The smallest absolute Gasteiger partial charge is 0.355 e. The largest absolute Gasteiger partial charge is 0.476 e. The van der Waals surface area contributed by atoms with Gasteiger partial charge in [0.05, 0.1) is 0 Å². The van der Waals surface area contributed by atoms with Crippen LogP contribution in [0.1, 0.15) is 23.0 Å². The molecule has 0 spiro atoms. The van der Waals surface area contributed by atoms with E-state index in [1.807, 2.05) is 5.38 Å². The van der Waals surface area contributed by atoms with Crippen molar-refractivity contribution in [3.63, 3.8) is 0 Å². The predicted octanol–water partition coefficient (Wildman–Crippen LogP) is 2.95. The van der Waals surface area contributed by atoms with E-state index in [-0.39, 0.29) is 11.7 Å². The van der Waals surface area contributed by atoms with Crippen molar-refractivity contribution in [3.8, 4) is 0 Å². The number of nitrogens with zero attached hydrogens (tertiary/aromatic N) is 1. The Morgan fingerprint density at radius 3 is 3.00 bits per heavy atom. The second-order valence-electron chi connectivity index (χ2n) is 3.72. The molecule has 0 aliphatic rings. The van der Waals surface area contributed by atoms with Crippen LogP contribution in [0.2, 0.25) is 0 Å². The molecule has 1 atom stereocenters. The SMILES string of the molecule is CC(Cc1ccsc1)Nc1nc(C(=O)O)cs1. The van der Waals surface area contributed by atoms with E-state index in [0.717, 1.165) is 6.42 Å². The summed E-state index contributed by atoms with van der Waals surface area (Å²) >= 11 is 3.00. The van der Waals surface area contributed by atoms with Crippen molar-refractivity contribution in [3.05, 3.63) is 33.5 Å². The first-order valence-electron chi connectivity index (χ1n) is 5.11. The number of carboxylic acids is 1. The Kier molecular flexibility index (Phi) is 3.75. The van der Waals surface area contributed by atoms with Gasteiger partial charge in [0, 0.05) is 11.4 Å². The molecule has 1 unspecified atom stereocenters. The van der Waals surface area contributed by atoms with Gasteiger partial charge in [0.25, 0.3) is 0 Å². The summed E-state index contributed by atoms with van der Waals surface area (Å²) in [7, 11) is 0. The van der Waals surface area contributed by atoms with Gasteiger partial charge in [0.2, 0.25) is 0 Å². The molecule has 2 rings (SSSR count). The maximum Gasteiger partial charge on any atom is 0.355 e. The summed E-state index contributed by atoms with van der Waals surface area (Å²) in [5.41, 5.74) is 1.38. The van der Waals surface area contributed by atoms with Gasteiger partial charge in [-0.25, -0.2) is 9.78 Å². The number of hydrogen-bond acceptors (Lipinski definition) is 5. The van der Waals surface area contributed by atoms with Crippen LogP contribution in [0.3, 0.4) is 0 Å². The summed E-state index contributed by atoms with van der Waals surface area (Å²) in [4.78, 5) is 14.7. The lowest BCUT2D eigenvalue weighted by molar-refractivity contribution is 0.0691. The average Bonchev–Trinajstić information content (AvgIpc) is 2.88. The number of carbonyl (C=O) groups is 1. The molecule has 0 bridgehead atoms. The van der Waals surface area contributed by atoms with Crippen molar-refractivity contribution >= 4 is 33.8 Å². The molecule has 2 heterocycles. The minimum Gasteiger partial charge on any atom is -0.476 e. The number of carboxylic acid groups (broad SMARTS) is 1. The van der Waals surface area contributed by atoms with Gasteiger partial charge in [-0.1, -0.05) is 0 Å². The third kappa shape index (κ3) is 3.28. The minimum absolute atomic E-state index is 0.0974. The van der Waals surface area contributed by atoms with Crippen molar-refractivity contribution in [2.45, 2.75) is 19.4 Å². The molecule has 0 aliphatic heterocycles. The Hall–Kier alpha value is -1.40. The Morgan fingerprint density at radius 2 is 2.41 bits per heavy atom. The van der Waals surface area contributed by atoms with Gasteiger partial charge in [-0.3, -0.25) is 0 Å². The van der Waals surface area contributed by atoms with Gasteiger partial charge in [0.15, 0.2) is 10.8 Å². The lowest BCUT2D eigenvalue weighted by Crippen LogP contribution is -2.17. The van der Waals surface area contributed by atoms with Crippen molar-refractivity contribution in [2.24, 2.45) is 0 Å². The molecule has 90 valence electrons. The second kappa shape index (κ2) is 5.29. The summed E-state index contributed by atoms with van der Waals surface area (Å²) in [5, 5.41) is 18.3. The van der Waals surface area contributed by atoms with Crippen LogP contribution in [0, 0.1) is 0 Å². The summed E-state index contributed by atoms with van der Waals surface area (Å²) in [6, 6.07) is 2.32. The number of nitrogens with one attached hydrogen (secondary N) is 1. The number of thiophene rings is 1. The summed E-state index contributed by atoms with van der Waals surface area (Å²) < 4.78 is 0. The lowest BCUT2D eigenvalue weighted by atomic mass is 10.1. The van der Waals surface area contributed by atoms with Crippen LogP contribution >= 0.6 is 22.7 Å². The zero-order chi connectivity index (χ0) is 12.3. The molecule has 2 N–H and O–H groups in total. The van der Waals surface area contributed by atoms with E-state index in [2.05, 4.69) is 28.7 Å². The Morgan fingerprint density at radius 1 is 1.59 bits per heavy atom. The zero-order valence-electron chi connectivity index (χ0n) is 9.21. The van der Waals surface area contributed by atoms with Gasteiger partial charge in [-0.2, -0.15) is 11.3 Å². The second-order valence-corrected chi connectivity index (χ2v) is 5.36. The Labute approximate surface area is 107 Å². The first-order chi connectivity index (χ1) is 8.15. The third-order valence-electron chi connectivity index (χ3n) is 2.22. The van der Waals surface area contributed by atoms with E-state index in [0.29, 0.717) is 5.13 Å². The van der Waals surface area contributed by atoms with E-state index in [9.17, 15) is 4.79 Å². The molecule has 2 aromatic rings. The molecule has 0 saturated heterocycles. The highest BCUT2D eigenvalue weighted by Gasteiger charge is 2.10. The highest BCUT2D eigenvalue weighted by Crippen LogP contribution is 2.18. The highest BCUT2D eigenvalue weighted by atomic mass is 32.1. The number of aromatic carboxylic acids is 1. The molecule has 4 nitrogen and oxygen atoms in total. The van der Waals surface area contributed by atoms with Gasteiger partial charge in [-0.15, -0.1) is 11.3 Å². The van der Waals surface area contributed by atoms with Crippen LogP contribution in [-0.4, -0.2) is 22.1 Å². The van der Waals surface area contributed by atoms with Crippen LogP contribution < -0.4 is 5.32 Å². The number of rotatable bonds is 5. The van der Waals surface area contributed by atoms with E-state index < -0.39 is 5.97 Å². The first-order valence-corrected chi connectivity index (χ1v) is 6.94. The van der Waals surface area contributed by atoms with E-state index >= 15 is 0 Å². The van der Waals surface area contributed by atoms with Crippen LogP contribution in [0.15, 0.2) is 22.2 Å². The summed E-state index contributed by atoms with van der Waals surface area (Å²) in [5.74, 6) is -0.986. The van der Waals surface area contributed by atoms with Crippen LogP contribution in [0.25, 0.3) is 0 Å². The predicted molar refractivity (Wildman–Crippen MR) is 70.2 cm³/mol. The van der Waals surface area contributed by atoms with Gasteiger partial charge >= 0.3 is 5.97 Å². The number of hydrogen-bond donors (Lipinski definition) is 2. The van der Waals surface area contributed by atoms with Crippen molar-refractivity contribution in [2.75, 3.05) is 5.32 Å². The number of anilines is 1. The van der Waals surface area contributed by atoms with E-state index in [1.165, 1.54) is 16.9 Å². The molecule has 0 radical (unpaired) electrons. The number of aromatic nitrogens is 1. The third-order valence-corrected chi connectivity index (χ3v) is 3.72. The molecule has 2 aromatic heterocycles. The van der Waals surface area contributed by atoms with Crippen LogP contribution in [0.5, 0.6) is 0 Å². The standard InChI is InChI=1S/C11H12N2O2S2/c1-7(4-8-2-3-16-5-8)12-11-13-9(6-17-11)10(14)15/h2-3,5-7H,4H2,1H3,(H,12,13)(H,14,15). The normalized spacial score (nSPS) is 12.3. The fourth-order valence-electron chi connectivity index (χ4n) is 1.46. The monoisotopic (exact) mass is 268 g/mol. The maximum atomic E-state index is 10.7. The van der Waals surface area contributed by atoms with Gasteiger partial charge in [-0.05, 0) is 35.7 Å². The van der Waals surface area contributed by atoms with Crippen molar-refractivity contribution in [1.29, 1.82) is 0 Å². The molecule has 6 heteroatoms. The molecule has 0 saturated carbocycles. The average molecular weight is 268 g/mol. The highest BCUT2D eigenvalue weighted by molar-refractivity contribution is 7.13. The zero-order valence-corrected chi connectivity index (χ0v) is 10.8. The molecule has 0 aliphatic carbocycles. The quantitative estimate of drug-likeness (QED) is 0.875.